The quantitative estimate of drug-likeness (QED) is 0.658. The average Bonchev–Trinajstić information content (AvgIpc) is 2.12. The molecule has 0 aromatic rings. The topological polar surface area (TPSA) is 12.5 Å². The van der Waals surface area contributed by atoms with E-state index in [-0.39, 0.29) is 0 Å². The number of hydrogen-bond acceptors (Lipinski definition) is 2. The van der Waals surface area contributed by atoms with Gasteiger partial charge in [-0.15, -0.1) is 0 Å². The average molecular weight is 190 g/mol. The minimum atomic E-state index is 0.323. The molecule has 1 fully saturated rings. The van der Waals surface area contributed by atoms with E-state index in [4.69, 9.17) is 16.3 Å². The van der Waals surface area contributed by atoms with Gasteiger partial charge in [-0.3, -0.25) is 4.90 Å². The zero-order chi connectivity index (χ0) is 8.97. The molecule has 0 radical (unpaired) electrons. The molecule has 0 aromatic carbocycles. The van der Waals surface area contributed by atoms with E-state index in [0.717, 1.165) is 32.7 Å². The van der Waals surface area contributed by atoms with Crippen LogP contribution in [-0.2, 0) is 4.74 Å². The van der Waals surface area contributed by atoms with Crippen LogP contribution < -0.4 is 0 Å². The second-order valence-electron chi connectivity index (χ2n) is 3.29. The van der Waals surface area contributed by atoms with E-state index in [9.17, 15) is 0 Å². The maximum atomic E-state index is 5.74. The van der Waals surface area contributed by atoms with Gasteiger partial charge in [-0.2, -0.15) is 0 Å². The highest BCUT2D eigenvalue weighted by Gasteiger charge is 2.14. The lowest BCUT2D eigenvalue weighted by atomic mass is 10.3. The molecule has 1 saturated heterocycles. The summed E-state index contributed by atoms with van der Waals surface area (Å²) in [5, 5.41) is 0.712. The van der Waals surface area contributed by atoms with Gasteiger partial charge < -0.3 is 4.74 Å². The van der Waals surface area contributed by atoms with Crippen LogP contribution >= 0.6 is 11.6 Å². The van der Waals surface area contributed by atoms with Crippen molar-refractivity contribution in [3.05, 3.63) is 11.6 Å². The van der Waals surface area contributed by atoms with Crippen LogP contribution in [0.1, 0.15) is 13.3 Å². The monoisotopic (exact) mass is 189 g/mol. The summed E-state index contributed by atoms with van der Waals surface area (Å²) in [6.45, 7) is 9.46. The largest absolute Gasteiger partial charge is 0.377 e. The van der Waals surface area contributed by atoms with Crippen molar-refractivity contribution in [1.29, 1.82) is 0 Å². The van der Waals surface area contributed by atoms with Crippen LogP contribution in [0.3, 0.4) is 0 Å². The third kappa shape index (κ3) is 3.57. The Balaban J connectivity index is 2.35. The highest BCUT2D eigenvalue weighted by molar-refractivity contribution is 6.29. The Kier molecular flexibility index (Phi) is 4.06. The number of hydrogen-bond donors (Lipinski definition) is 0. The lowest BCUT2D eigenvalue weighted by Crippen LogP contribution is -2.31. The highest BCUT2D eigenvalue weighted by atomic mass is 35.5. The molecule has 70 valence electrons. The summed E-state index contributed by atoms with van der Waals surface area (Å²) in [7, 11) is 0. The maximum absolute atomic E-state index is 5.74. The first-order valence-corrected chi connectivity index (χ1v) is 4.73. The van der Waals surface area contributed by atoms with Gasteiger partial charge in [-0.25, -0.2) is 0 Å². The van der Waals surface area contributed by atoms with Crippen molar-refractivity contribution in [1.82, 2.24) is 4.90 Å². The fourth-order valence-electron chi connectivity index (χ4n) is 1.47. The lowest BCUT2D eigenvalue weighted by molar-refractivity contribution is 0.0691. The molecule has 1 heterocycles. The Morgan fingerprint density at radius 2 is 2.50 bits per heavy atom. The number of halogens is 1. The van der Waals surface area contributed by atoms with Crippen LogP contribution in [0.2, 0.25) is 0 Å². The predicted molar refractivity (Wildman–Crippen MR) is 51.5 cm³/mol. The van der Waals surface area contributed by atoms with Gasteiger partial charge >= 0.3 is 0 Å². The molecule has 0 bridgehead atoms. The minimum absolute atomic E-state index is 0.323. The van der Waals surface area contributed by atoms with Crippen molar-refractivity contribution >= 4 is 11.6 Å². The van der Waals surface area contributed by atoms with E-state index >= 15 is 0 Å². The molecule has 1 rings (SSSR count). The molecular formula is C9H16ClNO. The summed E-state index contributed by atoms with van der Waals surface area (Å²) in [4.78, 5) is 2.28. The molecule has 1 atom stereocenters. The van der Waals surface area contributed by atoms with Crippen molar-refractivity contribution in [2.45, 2.75) is 19.4 Å². The first-order chi connectivity index (χ1) is 5.68. The van der Waals surface area contributed by atoms with Crippen molar-refractivity contribution in [3.63, 3.8) is 0 Å². The van der Waals surface area contributed by atoms with E-state index in [1.165, 1.54) is 0 Å². The molecule has 0 aromatic heterocycles. The summed E-state index contributed by atoms with van der Waals surface area (Å²) >= 11 is 5.74. The maximum Gasteiger partial charge on any atom is 0.0674 e. The third-order valence-electron chi connectivity index (χ3n) is 1.93. The van der Waals surface area contributed by atoms with Crippen molar-refractivity contribution < 1.29 is 4.74 Å². The van der Waals surface area contributed by atoms with E-state index in [2.05, 4.69) is 18.4 Å². The first-order valence-electron chi connectivity index (χ1n) is 4.35. The summed E-state index contributed by atoms with van der Waals surface area (Å²) in [5.41, 5.74) is 0. The lowest BCUT2D eigenvalue weighted by Gasteiger charge is -2.20. The molecule has 1 aliphatic rings. The standard InChI is InChI=1S/C9H16ClNO/c1-8(10)6-11-4-3-5-12-9(2)7-11/h9H,1,3-7H2,2H3. The number of nitrogens with zero attached hydrogens (tertiary/aromatic N) is 1. The fraction of sp³-hybridized carbons (Fsp3) is 0.778. The zero-order valence-corrected chi connectivity index (χ0v) is 8.31. The molecule has 0 saturated carbocycles. The number of rotatable bonds is 2. The summed E-state index contributed by atoms with van der Waals surface area (Å²) in [5.74, 6) is 0. The van der Waals surface area contributed by atoms with Gasteiger partial charge in [-0.05, 0) is 13.3 Å². The Bertz CT molecular complexity index is 161. The highest BCUT2D eigenvalue weighted by Crippen LogP contribution is 2.08. The van der Waals surface area contributed by atoms with Gasteiger partial charge in [0.1, 0.15) is 0 Å². The van der Waals surface area contributed by atoms with Gasteiger partial charge in [0.05, 0.1) is 6.10 Å². The van der Waals surface area contributed by atoms with E-state index < -0.39 is 0 Å². The molecule has 0 spiro atoms. The molecule has 2 nitrogen and oxygen atoms in total. The zero-order valence-electron chi connectivity index (χ0n) is 7.55. The summed E-state index contributed by atoms with van der Waals surface area (Å²) in [6, 6.07) is 0. The van der Waals surface area contributed by atoms with Crippen LogP contribution in [0.4, 0.5) is 0 Å². The van der Waals surface area contributed by atoms with Gasteiger partial charge in [0.2, 0.25) is 0 Å². The fourth-order valence-corrected chi connectivity index (χ4v) is 1.64. The van der Waals surface area contributed by atoms with E-state index in [0.29, 0.717) is 11.1 Å². The Labute approximate surface area is 79.1 Å². The van der Waals surface area contributed by atoms with Crippen molar-refractivity contribution in [3.8, 4) is 0 Å². The van der Waals surface area contributed by atoms with E-state index in [1.54, 1.807) is 0 Å². The summed E-state index contributed by atoms with van der Waals surface area (Å²) in [6.07, 6.45) is 1.41. The minimum Gasteiger partial charge on any atom is -0.377 e. The molecule has 3 heteroatoms. The van der Waals surface area contributed by atoms with Crippen LogP contribution in [0, 0.1) is 0 Å². The Hall–Kier alpha value is -0.0500. The molecule has 1 unspecified atom stereocenters. The second kappa shape index (κ2) is 4.85. The molecule has 0 N–H and O–H groups in total. The first kappa shape index (κ1) is 10.0. The van der Waals surface area contributed by atoms with Crippen LogP contribution in [0.5, 0.6) is 0 Å². The molecular weight excluding hydrogens is 174 g/mol. The Morgan fingerprint density at radius 3 is 3.17 bits per heavy atom. The second-order valence-corrected chi connectivity index (χ2v) is 3.82. The third-order valence-corrected chi connectivity index (χ3v) is 2.05. The van der Waals surface area contributed by atoms with Gasteiger partial charge in [0.25, 0.3) is 0 Å². The Morgan fingerprint density at radius 1 is 1.75 bits per heavy atom. The van der Waals surface area contributed by atoms with E-state index in [1.807, 2.05) is 0 Å². The normalized spacial score (nSPS) is 26.7. The molecule has 1 aliphatic heterocycles. The predicted octanol–water partition coefficient (Wildman–Crippen LogP) is 1.85. The summed E-state index contributed by atoms with van der Waals surface area (Å²) < 4.78 is 5.50. The molecule has 0 amide bonds. The molecule has 12 heavy (non-hydrogen) atoms. The van der Waals surface area contributed by atoms with Crippen molar-refractivity contribution in [2.24, 2.45) is 0 Å². The van der Waals surface area contributed by atoms with Gasteiger partial charge in [0.15, 0.2) is 0 Å². The number of ether oxygens (including phenoxy) is 1. The van der Waals surface area contributed by atoms with Crippen LogP contribution in [0.15, 0.2) is 11.6 Å². The van der Waals surface area contributed by atoms with Crippen LogP contribution in [0.25, 0.3) is 0 Å². The van der Waals surface area contributed by atoms with Crippen molar-refractivity contribution in [2.75, 3.05) is 26.2 Å². The SMILES string of the molecule is C=C(Cl)CN1CCCOC(C)C1. The molecule has 0 aliphatic carbocycles. The van der Waals surface area contributed by atoms with Gasteiger partial charge in [-0.1, -0.05) is 18.2 Å². The van der Waals surface area contributed by atoms with Gasteiger partial charge in [0, 0.05) is 31.3 Å². The smallest absolute Gasteiger partial charge is 0.0674 e. The van der Waals surface area contributed by atoms with Crippen LogP contribution in [-0.4, -0.2) is 37.2 Å².